The lowest BCUT2D eigenvalue weighted by molar-refractivity contribution is 0.0149. The number of hydrogen-bond acceptors (Lipinski definition) is 4. The zero-order valence-corrected chi connectivity index (χ0v) is 20.0. The van der Waals surface area contributed by atoms with Crippen LogP contribution in [0.5, 0.6) is 0 Å². The van der Waals surface area contributed by atoms with E-state index < -0.39 is 23.3 Å². The van der Waals surface area contributed by atoms with Crippen LogP contribution in [-0.4, -0.2) is 53.7 Å². The van der Waals surface area contributed by atoms with E-state index >= 15 is 0 Å². The van der Waals surface area contributed by atoms with Crippen LogP contribution < -0.4 is 10.6 Å². The van der Waals surface area contributed by atoms with Gasteiger partial charge in [0.25, 0.3) is 0 Å². The maximum absolute atomic E-state index is 14.2. The first-order chi connectivity index (χ1) is 16.0. The van der Waals surface area contributed by atoms with Gasteiger partial charge in [-0.25, -0.2) is 18.4 Å². The molecular weight excluding hydrogens is 442 g/mol. The second kappa shape index (κ2) is 10.8. The van der Waals surface area contributed by atoms with E-state index in [1.165, 1.54) is 36.4 Å². The van der Waals surface area contributed by atoms with Gasteiger partial charge in [-0.05, 0) is 81.6 Å². The van der Waals surface area contributed by atoms with Gasteiger partial charge in [0, 0.05) is 44.1 Å². The summed E-state index contributed by atoms with van der Waals surface area (Å²) in [6, 6.07) is 9.32. The summed E-state index contributed by atoms with van der Waals surface area (Å²) in [7, 11) is 1.76. The van der Waals surface area contributed by atoms with Crippen molar-refractivity contribution >= 4 is 23.5 Å². The molecule has 1 aliphatic heterocycles. The monoisotopic (exact) mass is 474 g/mol. The van der Waals surface area contributed by atoms with E-state index in [0.717, 1.165) is 31.5 Å². The second-order valence-corrected chi connectivity index (χ2v) is 9.53. The van der Waals surface area contributed by atoms with Crippen LogP contribution in [0.1, 0.15) is 39.2 Å². The van der Waals surface area contributed by atoms with Crippen molar-refractivity contribution in [3.05, 3.63) is 59.7 Å². The van der Waals surface area contributed by atoms with Gasteiger partial charge >= 0.3 is 12.1 Å². The van der Waals surface area contributed by atoms with Gasteiger partial charge < -0.3 is 20.3 Å². The van der Waals surface area contributed by atoms with Gasteiger partial charge in [-0.3, -0.25) is 4.90 Å². The summed E-state index contributed by atoms with van der Waals surface area (Å²) in [5.74, 6) is -0.852. The molecule has 3 amide bonds. The number of piperidine rings is 1. The third kappa shape index (κ3) is 7.69. The highest BCUT2D eigenvalue weighted by molar-refractivity contribution is 5.99. The van der Waals surface area contributed by atoms with Crippen molar-refractivity contribution in [2.45, 2.75) is 51.8 Å². The predicted molar refractivity (Wildman–Crippen MR) is 128 cm³/mol. The van der Waals surface area contributed by atoms with Crippen LogP contribution in [0.2, 0.25) is 0 Å². The lowest BCUT2D eigenvalue weighted by Crippen LogP contribution is -2.46. The Balaban J connectivity index is 1.53. The number of hydrogen-bond donors (Lipinski definition) is 2. The maximum Gasteiger partial charge on any atom is 0.410 e. The van der Waals surface area contributed by atoms with Gasteiger partial charge in [0.15, 0.2) is 0 Å². The van der Waals surface area contributed by atoms with E-state index in [9.17, 15) is 18.4 Å². The van der Waals surface area contributed by atoms with Crippen molar-refractivity contribution in [2.24, 2.45) is 0 Å². The molecule has 0 atom stereocenters. The van der Waals surface area contributed by atoms with Crippen LogP contribution in [0.15, 0.2) is 42.5 Å². The minimum Gasteiger partial charge on any atom is -0.444 e. The van der Waals surface area contributed by atoms with Crippen molar-refractivity contribution in [3.8, 4) is 0 Å². The highest BCUT2D eigenvalue weighted by Crippen LogP contribution is 2.22. The first kappa shape index (κ1) is 25.4. The fraction of sp³-hybridized carbons (Fsp3) is 0.440. The SMILES string of the molecule is CN(C(=O)OC(C)(C)C)C1CCN(Cc2cc(F)cc(NC(=O)Nc3ccc(F)cc3)c2)CC1. The van der Waals surface area contributed by atoms with E-state index in [4.69, 9.17) is 4.74 Å². The molecule has 1 aliphatic rings. The topological polar surface area (TPSA) is 73.9 Å². The molecule has 34 heavy (non-hydrogen) atoms. The standard InChI is InChI=1S/C25H32F2N4O3/c1-25(2,3)34-24(33)30(4)22-9-11-31(12-10-22)16-17-13-19(27)15-21(14-17)29-23(32)28-20-7-5-18(26)6-8-20/h5-8,13-15,22H,9-12,16H2,1-4H3,(H2,28,29,32). The molecule has 0 saturated carbocycles. The minimum atomic E-state index is -0.547. The van der Waals surface area contributed by atoms with Crippen LogP contribution in [0.3, 0.4) is 0 Å². The number of amides is 3. The van der Waals surface area contributed by atoms with E-state index in [1.54, 1.807) is 18.0 Å². The van der Waals surface area contributed by atoms with Crippen LogP contribution in [0, 0.1) is 11.6 Å². The van der Waals surface area contributed by atoms with Gasteiger partial charge in [-0.2, -0.15) is 0 Å². The average molecular weight is 475 g/mol. The first-order valence-electron chi connectivity index (χ1n) is 11.3. The van der Waals surface area contributed by atoms with Gasteiger partial charge in [0.2, 0.25) is 0 Å². The number of rotatable bonds is 5. The Morgan fingerprint density at radius 1 is 1.00 bits per heavy atom. The van der Waals surface area contributed by atoms with Crippen LogP contribution in [-0.2, 0) is 11.3 Å². The number of halogens is 2. The lowest BCUT2D eigenvalue weighted by Gasteiger charge is -2.37. The summed E-state index contributed by atoms with van der Waals surface area (Å²) in [4.78, 5) is 28.4. The summed E-state index contributed by atoms with van der Waals surface area (Å²) in [5.41, 5.74) is 0.949. The van der Waals surface area contributed by atoms with E-state index in [1.807, 2.05) is 20.8 Å². The number of ether oxygens (including phenoxy) is 1. The molecule has 2 aromatic carbocycles. The summed E-state index contributed by atoms with van der Waals surface area (Å²) in [6.07, 6.45) is 1.25. The largest absolute Gasteiger partial charge is 0.444 e. The van der Waals surface area contributed by atoms with Crippen molar-refractivity contribution in [3.63, 3.8) is 0 Å². The fourth-order valence-corrected chi connectivity index (χ4v) is 3.85. The Bertz CT molecular complexity index is 1000. The molecule has 1 heterocycles. The number of nitrogens with zero attached hydrogens (tertiary/aromatic N) is 2. The Hall–Kier alpha value is -3.20. The Morgan fingerprint density at radius 3 is 2.24 bits per heavy atom. The maximum atomic E-state index is 14.2. The normalized spacial score (nSPS) is 15.0. The molecule has 184 valence electrons. The van der Waals surface area contributed by atoms with Crippen molar-refractivity contribution in [1.82, 2.24) is 9.80 Å². The van der Waals surface area contributed by atoms with E-state index in [0.29, 0.717) is 17.9 Å². The molecule has 7 nitrogen and oxygen atoms in total. The van der Waals surface area contributed by atoms with Crippen LogP contribution in [0.4, 0.5) is 29.7 Å². The smallest absolute Gasteiger partial charge is 0.410 e. The molecule has 2 aromatic rings. The lowest BCUT2D eigenvalue weighted by atomic mass is 10.0. The number of nitrogens with one attached hydrogen (secondary N) is 2. The molecule has 9 heteroatoms. The molecule has 0 spiro atoms. The second-order valence-electron chi connectivity index (χ2n) is 9.53. The van der Waals surface area contributed by atoms with Gasteiger partial charge in [0.05, 0.1) is 0 Å². The molecule has 0 aromatic heterocycles. The molecule has 3 rings (SSSR count). The number of carbonyl (C=O) groups is 2. The minimum absolute atomic E-state index is 0.0889. The summed E-state index contributed by atoms with van der Waals surface area (Å²) in [6.45, 7) is 7.56. The number of benzene rings is 2. The Kier molecular flexibility index (Phi) is 8.09. The van der Waals surface area contributed by atoms with Gasteiger partial charge in [0.1, 0.15) is 17.2 Å². The molecular formula is C25H32F2N4O3. The van der Waals surface area contributed by atoms with Gasteiger partial charge in [-0.15, -0.1) is 0 Å². The van der Waals surface area contributed by atoms with E-state index in [2.05, 4.69) is 15.5 Å². The van der Waals surface area contributed by atoms with Crippen molar-refractivity contribution < 1.29 is 23.1 Å². The zero-order chi connectivity index (χ0) is 24.9. The fourth-order valence-electron chi connectivity index (χ4n) is 3.85. The third-order valence-corrected chi connectivity index (χ3v) is 5.51. The molecule has 0 radical (unpaired) electrons. The summed E-state index contributed by atoms with van der Waals surface area (Å²) < 4.78 is 32.7. The average Bonchev–Trinajstić information content (AvgIpc) is 2.73. The molecule has 2 N–H and O–H groups in total. The zero-order valence-electron chi connectivity index (χ0n) is 20.0. The number of likely N-dealkylation sites (tertiary alicyclic amines) is 1. The molecule has 0 bridgehead atoms. The first-order valence-corrected chi connectivity index (χ1v) is 11.3. The van der Waals surface area contributed by atoms with Crippen LogP contribution >= 0.6 is 0 Å². The number of anilines is 2. The molecule has 0 aliphatic carbocycles. The Morgan fingerprint density at radius 2 is 1.62 bits per heavy atom. The molecule has 1 saturated heterocycles. The Labute approximate surface area is 199 Å². The number of carbonyl (C=O) groups excluding carboxylic acids is 2. The quantitative estimate of drug-likeness (QED) is 0.605. The molecule has 1 fully saturated rings. The van der Waals surface area contributed by atoms with Gasteiger partial charge in [-0.1, -0.05) is 0 Å². The van der Waals surface area contributed by atoms with Crippen molar-refractivity contribution in [1.29, 1.82) is 0 Å². The molecule has 0 unspecified atom stereocenters. The highest BCUT2D eigenvalue weighted by atomic mass is 19.1. The summed E-state index contributed by atoms with van der Waals surface area (Å²) in [5, 5.41) is 5.20. The predicted octanol–water partition coefficient (Wildman–Crippen LogP) is 5.44. The van der Waals surface area contributed by atoms with Crippen LogP contribution in [0.25, 0.3) is 0 Å². The highest BCUT2D eigenvalue weighted by Gasteiger charge is 2.28. The van der Waals surface area contributed by atoms with E-state index in [-0.39, 0.29) is 12.1 Å². The third-order valence-electron chi connectivity index (χ3n) is 5.51. The summed E-state index contributed by atoms with van der Waals surface area (Å²) >= 11 is 0. The number of urea groups is 1. The van der Waals surface area contributed by atoms with Crippen molar-refractivity contribution in [2.75, 3.05) is 30.8 Å².